The summed E-state index contributed by atoms with van der Waals surface area (Å²) in [6.45, 7) is 0. The van der Waals surface area contributed by atoms with Crippen LogP contribution in [0.25, 0.3) is 0 Å². The zero-order valence-corrected chi connectivity index (χ0v) is 8.46. The van der Waals surface area contributed by atoms with Gasteiger partial charge in [-0.05, 0) is 12.1 Å². The molecule has 15 heavy (non-hydrogen) atoms. The topological polar surface area (TPSA) is 55.0 Å². The van der Waals surface area contributed by atoms with Gasteiger partial charge in [0.05, 0.1) is 12.4 Å². The Labute approximate surface area is 88.4 Å². The molecule has 0 saturated heterocycles. The molecule has 0 atom stereocenters. The average molecular weight is 200 g/mol. The zero-order chi connectivity index (χ0) is 10.7. The van der Waals surface area contributed by atoms with Gasteiger partial charge in [0.25, 0.3) is 0 Å². The van der Waals surface area contributed by atoms with Gasteiger partial charge in [-0.25, -0.2) is 9.97 Å². The van der Waals surface area contributed by atoms with E-state index in [4.69, 9.17) is 5.73 Å². The van der Waals surface area contributed by atoms with Gasteiger partial charge in [-0.2, -0.15) is 0 Å². The van der Waals surface area contributed by atoms with Crippen molar-refractivity contribution in [3.63, 3.8) is 0 Å². The molecule has 0 aliphatic heterocycles. The van der Waals surface area contributed by atoms with Gasteiger partial charge in [-0.15, -0.1) is 0 Å². The first-order valence-electron chi connectivity index (χ1n) is 4.63. The van der Waals surface area contributed by atoms with Crippen LogP contribution in [0.15, 0.2) is 42.7 Å². The number of nitrogen functional groups attached to an aromatic ring is 1. The summed E-state index contributed by atoms with van der Waals surface area (Å²) in [6, 6.07) is 9.97. The lowest BCUT2D eigenvalue weighted by atomic mass is 10.3. The number of nitrogens with zero attached hydrogens (tertiary/aromatic N) is 3. The fourth-order valence-electron chi connectivity index (χ4n) is 1.29. The minimum absolute atomic E-state index is 0.431. The number of rotatable bonds is 2. The third kappa shape index (κ3) is 2.04. The molecule has 0 aliphatic rings. The summed E-state index contributed by atoms with van der Waals surface area (Å²) >= 11 is 0. The van der Waals surface area contributed by atoms with E-state index < -0.39 is 0 Å². The molecule has 2 N–H and O–H groups in total. The van der Waals surface area contributed by atoms with Crippen LogP contribution >= 0.6 is 0 Å². The molecule has 0 fully saturated rings. The number of benzene rings is 1. The van der Waals surface area contributed by atoms with Crippen LogP contribution in [-0.4, -0.2) is 17.0 Å². The highest BCUT2D eigenvalue weighted by atomic mass is 15.2. The van der Waals surface area contributed by atoms with E-state index in [9.17, 15) is 0 Å². The second-order valence-electron chi connectivity index (χ2n) is 3.19. The molecule has 2 aromatic rings. The molecule has 4 heteroatoms. The van der Waals surface area contributed by atoms with Crippen molar-refractivity contribution in [1.82, 2.24) is 9.97 Å². The molecule has 0 saturated carbocycles. The molecular weight excluding hydrogens is 188 g/mol. The van der Waals surface area contributed by atoms with Gasteiger partial charge in [-0.1, -0.05) is 18.2 Å². The monoisotopic (exact) mass is 200 g/mol. The highest BCUT2D eigenvalue weighted by Crippen LogP contribution is 2.19. The normalized spacial score (nSPS) is 9.93. The molecule has 2 rings (SSSR count). The van der Waals surface area contributed by atoms with Gasteiger partial charge < -0.3 is 10.6 Å². The molecule has 0 radical (unpaired) electrons. The number of para-hydroxylation sites is 1. The maximum absolute atomic E-state index is 5.47. The van der Waals surface area contributed by atoms with E-state index in [0.29, 0.717) is 5.82 Å². The fraction of sp³-hybridized carbons (Fsp3) is 0.0909. The molecule has 4 nitrogen and oxygen atoms in total. The van der Waals surface area contributed by atoms with Crippen LogP contribution in [0.2, 0.25) is 0 Å². The second-order valence-corrected chi connectivity index (χ2v) is 3.19. The van der Waals surface area contributed by atoms with Crippen molar-refractivity contribution >= 4 is 17.3 Å². The van der Waals surface area contributed by atoms with Crippen LogP contribution in [-0.2, 0) is 0 Å². The number of hydrogen-bond donors (Lipinski definition) is 1. The molecular formula is C11H12N4. The Morgan fingerprint density at radius 2 is 1.80 bits per heavy atom. The minimum atomic E-state index is 0.431. The molecule has 1 aromatic carbocycles. The van der Waals surface area contributed by atoms with Crippen molar-refractivity contribution in [1.29, 1.82) is 0 Å². The summed E-state index contributed by atoms with van der Waals surface area (Å²) in [5, 5.41) is 0. The van der Waals surface area contributed by atoms with Crippen LogP contribution in [0.5, 0.6) is 0 Å². The molecule has 0 aliphatic carbocycles. The number of anilines is 3. The Morgan fingerprint density at radius 3 is 2.40 bits per heavy atom. The van der Waals surface area contributed by atoms with Crippen molar-refractivity contribution < 1.29 is 0 Å². The SMILES string of the molecule is CN(c1ccccc1)c1cnc(N)cn1. The minimum Gasteiger partial charge on any atom is -0.382 e. The highest BCUT2D eigenvalue weighted by Gasteiger charge is 2.03. The zero-order valence-electron chi connectivity index (χ0n) is 8.46. The van der Waals surface area contributed by atoms with Crippen LogP contribution in [0.3, 0.4) is 0 Å². The van der Waals surface area contributed by atoms with E-state index in [1.807, 2.05) is 42.3 Å². The summed E-state index contributed by atoms with van der Waals surface area (Å²) in [4.78, 5) is 10.1. The summed E-state index contributed by atoms with van der Waals surface area (Å²) in [5.41, 5.74) is 6.54. The van der Waals surface area contributed by atoms with Crippen LogP contribution in [0.1, 0.15) is 0 Å². The predicted molar refractivity (Wildman–Crippen MR) is 60.9 cm³/mol. The van der Waals surface area contributed by atoms with E-state index in [-0.39, 0.29) is 0 Å². The lowest BCUT2D eigenvalue weighted by molar-refractivity contribution is 1.09. The van der Waals surface area contributed by atoms with Gasteiger partial charge in [0.2, 0.25) is 0 Å². The third-order valence-corrected chi connectivity index (χ3v) is 2.15. The molecule has 0 amide bonds. The predicted octanol–water partition coefficient (Wildman–Crippen LogP) is 1.83. The first-order valence-corrected chi connectivity index (χ1v) is 4.63. The fourth-order valence-corrected chi connectivity index (χ4v) is 1.29. The van der Waals surface area contributed by atoms with Crippen molar-refractivity contribution in [3.05, 3.63) is 42.7 Å². The van der Waals surface area contributed by atoms with E-state index in [1.165, 1.54) is 0 Å². The molecule has 1 heterocycles. The van der Waals surface area contributed by atoms with Gasteiger partial charge in [-0.3, -0.25) is 0 Å². The number of hydrogen-bond acceptors (Lipinski definition) is 4. The van der Waals surface area contributed by atoms with Crippen molar-refractivity contribution in [3.8, 4) is 0 Å². The molecule has 0 bridgehead atoms. The van der Waals surface area contributed by atoms with E-state index in [2.05, 4.69) is 9.97 Å². The van der Waals surface area contributed by atoms with E-state index in [0.717, 1.165) is 11.5 Å². The smallest absolute Gasteiger partial charge is 0.151 e. The Balaban J connectivity index is 2.29. The number of aromatic nitrogens is 2. The summed E-state index contributed by atoms with van der Waals surface area (Å²) in [6.07, 6.45) is 3.21. The van der Waals surface area contributed by atoms with Crippen molar-refractivity contribution in [2.45, 2.75) is 0 Å². The average Bonchev–Trinajstić information content (AvgIpc) is 2.30. The Hall–Kier alpha value is -2.10. The summed E-state index contributed by atoms with van der Waals surface area (Å²) < 4.78 is 0. The summed E-state index contributed by atoms with van der Waals surface area (Å²) in [5.74, 6) is 1.20. The second kappa shape index (κ2) is 3.96. The third-order valence-electron chi connectivity index (χ3n) is 2.15. The van der Waals surface area contributed by atoms with Gasteiger partial charge in [0.1, 0.15) is 5.82 Å². The largest absolute Gasteiger partial charge is 0.382 e. The van der Waals surface area contributed by atoms with Crippen LogP contribution in [0, 0.1) is 0 Å². The van der Waals surface area contributed by atoms with E-state index >= 15 is 0 Å². The van der Waals surface area contributed by atoms with Crippen molar-refractivity contribution in [2.75, 3.05) is 17.7 Å². The van der Waals surface area contributed by atoms with Crippen molar-refractivity contribution in [2.24, 2.45) is 0 Å². The highest BCUT2D eigenvalue weighted by molar-refractivity contribution is 5.58. The Morgan fingerprint density at radius 1 is 1.07 bits per heavy atom. The van der Waals surface area contributed by atoms with Crippen LogP contribution < -0.4 is 10.6 Å². The quantitative estimate of drug-likeness (QED) is 0.803. The van der Waals surface area contributed by atoms with Gasteiger partial charge >= 0.3 is 0 Å². The molecule has 0 spiro atoms. The summed E-state index contributed by atoms with van der Waals surface area (Å²) in [7, 11) is 1.94. The lowest BCUT2D eigenvalue weighted by Gasteiger charge is -2.17. The van der Waals surface area contributed by atoms with Gasteiger partial charge in [0.15, 0.2) is 5.82 Å². The van der Waals surface area contributed by atoms with Crippen LogP contribution in [0.4, 0.5) is 17.3 Å². The maximum atomic E-state index is 5.47. The molecule has 1 aromatic heterocycles. The number of nitrogens with two attached hydrogens (primary N) is 1. The lowest BCUT2D eigenvalue weighted by Crippen LogP contribution is -2.11. The molecule has 0 unspecified atom stereocenters. The van der Waals surface area contributed by atoms with Gasteiger partial charge in [0, 0.05) is 12.7 Å². The first-order chi connectivity index (χ1) is 7.27. The van der Waals surface area contributed by atoms with E-state index in [1.54, 1.807) is 12.4 Å². The Bertz CT molecular complexity index is 424. The standard InChI is InChI=1S/C11H12N4/c1-15(9-5-3-2-4-6-9)11-8-13-10(12)7-14-11/h2-8H,1H3,(H2,12,13). The first kappa shape index (κ1) is 9.45. The molecule has 76 valence electrons. The Kier molecular flexibility index (Phi) is 2.49. The maximum Gasteiger partial charge on any atom is 0.151 e.